The van der Waals surface area contributed by atoms with Crippen molar-refractivity contribution < 1.29 is 19.8 Å². The summed E-state index contributed by atoms with van der Waals surface area (Å²) < 4.78 is 0. The predicted octanol–water partition coefficient (Wildman–Crippen LogP) is 5.78. The molecule has 154 valence electrons. The van der Waals surface area contributed by atoms with Crippen molar-refractivity contribution in [2.45, 2.75) is 38.5 Å². The first kappa shape index (κ1) is 21.3. The number of carbonyl (C=O) groups is 2. The summed E-state index contributed by atoms with van der Waals surface area (Å²) in [5, 5.41) is 18.3. The molecule has 0 bridgehead atoms. The van der Waals surface area contributed by atoms with Crippen LogP contribution in [0.15, 0.2) is 72.8 Å². The minimum absolute atomic E-state index is 0.269. The summed E-state index contributed by atoms with van der Waals surface area (Å²) in [4.78, 5) is 22.3. The van der Waals surface area contributed by atoms with Gasteiger partial charge in [-0.2, -0.15) is 0 Å². The van der Waals surface area contributed by atoms with E-state index in [-0.39, 0.29) is 11.8 Å². The molecule has 0 spiro atoms. The van der Waals surface area contributed by atoms with Crippen LogP contribution in [0.4, 0.5) is 0 Å². The highest BCUT2D eigenvalue weighted by Crippen LogP contribution is 2.25. The van der Waals surface area contributed by atoms with Crippen molar-refractivity contribution in [2.24, 2.45) is 0 Å². The van der Waals surface area contributed by atoms with Crippen molar-refractivity contribution in [3.63, 3.8) is 0 Å². The third-order valence-corrected chi connectivity index (χ3v) is 5.51. The molecule has 0 radical (unpaired) electrons. The molecule has 0 heterocycles. The maximum absolute atomic E-state index is 11.2. The van der Waals surface area contributed by atoms with Gasteiger partial charge in [0.1, 0.15) is 0 Å². The minimum Gasteiger partial charge on any atom is -0.478 e. The number of hydrogen-bond acceptors (Lipinski definition) is 2. The molecule has 0 aliphatic carbocycles. The van der Waals surface area contributed by atoms with Crippen molar-refractivity contribution >= 4 is 11.9 Å². The Morgan fingerprint density at radius 2 is 1.03 bits per heavy atom. The minimum atomic E-state index is -0.906. The Bertz CT molecular complexity index is 952. The van der Waals surface area contributed by atoms with Gasteiger partial charge in [0.25, 0.3) is 0 Å². The second kappa shape index (κ2) is 9.40. The van der Waals surface area contributed by atoms with Gasteiger partial charge in [0.15, 0.2) is 0 Å². The highest BCUT2D eigenvalue weighted by Gasteiger charge is 2.12. The van der Waals surface area contributed by atoms with E-state index >= 15 is 0 Å². The summed E-state index contributed by atoms with van der Waals surface area (Å²) in [6.07, 6.45) is 1.55. The number of hydrogen-bond donors (Lipinski definition) is 2. The van der Waals surface area contributed by atoms with Crippen molar-refractivity contribution in [1.29, 1.82) is 0 Å². The van der Waals surface area contributed by atoms with Crippen LogP contribution in [0.2, 0.25) is 0 Å². The maximum atomic E-state index is 11.2. The van der Waals surface area contributed by atoms with Gasteiger partial charge in [0.2, 0.25) is 0 Å². The van der Waals surface area contributed by atoms with Crippen LogP contribution in [0, 0.1) is 0 Å². The molecule has 0 aromatic heterocycles. The molecule has 4 nitrogen and oxygen atoms in total. The fourth-order valence-corrected chi connectivity index (χ4v) is 3.76. The molecule has 2 N–H and O–H groups in total. The van der Waals surface area contributed by atoms with Crippen LogP contribution in [0.3, 0.4) is 0 Å². The lowest BCUT2D eigenvalue weighted by Gasteiger charge is -2.16. The normalized spacial score (nSPS) is 12.9. The van der Waals surface area contributed by atoms with E-state index < -0.39 is 11.9 Å². The fraction of sp³-hybridized carbons (Fsp3) is 0.231. The number of carboxylic acids is 2. The van der Waals surface area contributed by atoms with Crippen molar-refractivity contribution in [3.05, 3.63) is 106 Å². The molecule has 0 fully saturated rings. The maximum Gasteiger partial charge on any atom is 0.335 e. The van der Waals surface area contributed by atoms with Crippen LogP contribution >= 0.6 is 0 Å². The molecule has 4 heteroatoms. The number of rotatable bonds is 8. The number of benzene rings is 3. The molecule has 3 aromatic carbocycles. The molecular weight excluding hydrogens is 376 g/mol. The molecule has 3 aromatic rings. The number of carboxylic acid groups (broad SMARTS) is 2. The van der Waals surface area contributed by atoms with Gasteiger partial charge in [-0.05, 0) is 71.2 Å². The molecule has 3 rings (SSSR count). The van der Waals surface area contributed by atoms with Crippen LogP contribution in [0.1, 0.15) is 68.7 Å². The van der Waals surface area contributed by atoms with E-state index in [0.717, 1.165) is 24.0 Å². The molecule has 0 amide bonds. The standard InChI is InChI=1S/C26H26O4/c1-17(13-19-5-3-7-23(15-19)25(27)28)21-9-11-22(12-10-21)18(2)14-20-6-4-8-24(16-20)26(29)30/h3-12,15-18H,13-14H2,1-2H3,(H,27,28)(H,29,30). The van der Waals surface area contributed by atoms with Crippen LogP contribution < -0.4 is 0 Å². The highest BCUT2D eigenvalue weighted by atomic mass is 16.4. The summed E-state index contributed by atoms with van der Waals surface area (Å²) in [6.45, 7) is 4.28. The van der Waals surface area contributed by atoms with Gasteiger partial charge in [0, 0.05) is 0 Å². The SMILES string of the molecule is CC(Cc1cccc(C(=O)O)c1)c1ccc(C(C)Cc2cccc(C(=O)O)c2)cc1. The van der Waals surface area contributed by atoms with E-state index in [4.69, 9.17) is 10.2 Å². The first-order valence-corrected chi connectivity index (χ1v) is 10.1. The van der Waals surface area contributed by atoms with Gasteiger partial charge in [-0.1, -0.05) is 62.4 Å². The molecule has 0 aliphatic heterocycles. The van der Waals surface area contributed by atoms with E-state index in [0.29, 0.717) is 11.1 Å². The lowest BCUT2D eigenvalue weighted by Crippen LogP contribution is -2.03. The number of aromatic carboxylic acids is 2. The van der Waals surface area contributed by atoms with Gasteiger partial charge in [-0.15, -0.1) is 0 Å². The second-order valence-electron chi connectivity index (χ2n) is 7.89. The zero-order valence-electron chi connectivity index (χ0n) is 17.2. The summed E-state index contributed by atoms with van der Waals surface area (Å²) in [6, 6.07) is 22.7. The summed E-state index contributed by atoms with van der Waals surface area (Å²) in [7, 11) is 0. The van der Waals surface area contributed by atoms with Gasteiger partial charge in [0.05, 0.1) is 11.1 Å². The lowest BCUT2D eigenvalue weighted by molar-refractivity contribution is 0.0686. The Kier molecular flexibility index (Phi) is 6.68. The van der Waals surface area contributed by atoms with E-state index in [1.807, 2.05) is 12.1 Å². The van der Waals surface area contributed by atoms with Crippen LogP contribution in [0.25, 0.3) is 0 Å². The molecule has 30 heavy (non-hydrogen) atoms. The monoisotopic (exact) mass is 402 g/mol. The third-order valence-electron chi connectivity index (χ3n) is 5.51. The zero-order valence-corrected chi connectivity index (χ0v) is 17.2. The molecule has 2 atom stereocenters. The Hall–Kier alpha value is -3.40. The quantitative estimate of drug-likeness (QED) is 0.501. The van der Waals surface area contributed by atoms with Crippen molar-refractivity contribution in [3.8, 4) is 0 Å². The van der Waals surface area contributed by atoms with Gasteiger partial charge in [-0.25, -0.2) is 9.59 Å². The van der Waals surface area contributed by atoms with E-state index in [1.165, 1.54) is 11.1 Å². The topological polar surface area (TPSA) is 74.6 Å². The second-order valence-corrected chi connectivity index (χ2v) is 7.89. The van der Waals surface area contributed by atoms with Gasteiger partial charge >= 0.3 is 11.9 Å². The zero-order chi connectivity index (χ0) is 21.7. The van der Waals surface area contributed by atoms with Crippen molar-refractivity contribution in [2.75, 3.05) is 0 Å². The van der Waals surface area contributed by atoms with Crippen LogP contribution in [0.5, 0.6) is 0 Å². The average molecular weight is 402 g/mol. The van der Waals surface area contributed by atoms with E-state index in [2.05, 4.69) is 38.1 Å². The largest absolute Gasteiger partial charge is 0.478 e. The lowest BCUT2D eigenvalue weighted by atomic mass is 9.89. The fourth-order valence-electron chi connectivity index (χ4n) is 3.76. The molecule has 0 aliphatic rings. The smallest absolute Gasteiger partial charge is 0.335 e. The Balaban J connectivity index is 1.66. The first-order chi connectivity index (χ1) is 14.3. The Morgan fingerprint density at radius 1 is 0.667 bits per heavy atom. The van der Waals surface area contributed by atoms with E-state index in [9.17, 15) is 9.59 Å². The molecular formula is C26H26O4. The Morgan fingerprint density at radius 3 is 1.37 bits per heavy atom. The van der Waals surface area contributed by atoms with Crippen LogP contribution in [-0.4, -0.2) is 22.2 Å². The van der Waals surface area contributed by atoms with Gasteiger partial charge < -0.3 is 10.2 Å². The average Bonchev–Trinajstić information content (AvgIpc) is 2.74. The summed E-state index contributed by atoms with van der Waals surface area (Å²) in [5.41, 5.74) is 5.07. The van der Waals surface area contributed by atoms with Gasteiger partial charge in [-0.3, -0.25) is 0 Å². The summed E-state index contributed by atoms with van der Waals surface area (Å²) >= 11 is 0. The third kappa shape index (κ3) is 5.35. The van der Waals surface area contributed by atoms with E-state index in [1.54, 1.807) is 36.4 Å². The predicted molar refractivity (Wildman–Crippen MR) is 117 cm³/mol. The molecule has 2 unspecified atom stereocenters. The van der Waals surface area contributed by atoms with Crippen LogP contribution in [-0.2, 0) is 12.8 Å². The summed E-state index contributed by atoms with van der Waals surface area (Å²) in [5.74, 6) is -1.27. The highest BCUT2D eigenvalue weighted by molar-refractivity contribution is 5.88. The van der Waals surface area contributed by atoms with Crippen molar-refractivity contribution in [1.82, 2.24) is 0 Å². The molecule has 0 saturated heterocycles. The molecule has 0 saturated carbocycles. The first-order valence-electron chi connectivity index (χ1n) is 10.1. The Labute approximate surface area is 176 Å².